The van der Waals surface area contributed by atoms with Crippen LogP contribution in [-0.4, -0.2) is 42.0 Å². The molecule has 0 aliphatic carbocycles. The van der Waals surface area contributed by atoms with Crippen LogP contribution in [0.3, 0.4) is 0 Å². The molecule has 1 atom stereocenters. The fourth-order valence-corrected chi connectivity index (χ4v) is 1.01. The van der Waals surface area contributed by atoms with Gasteiger partial charge < -0.3 is 14.9 Å². The second-order valence-electron chi connectivity index (χ2n) is 2.55. The number of ether oxygens (including phenoxy) is 1. The molecule has 0 aromatic carbocycles. The number of nitrogens with one attached hydrogen (secondary N) is 1. The van der Waals surface area contributed by atoms with Gasteiger partial charge in [0.2, 0.25) is 5.91 Å². The smallest absolute Gasteiger partial charge is 0.329 e. The van der Waals surface area contributed by atoms with Gasteiger partial charge in [-0.15, -0.1) is 10.1 Å². The minimum Gasteiger partial charge on any atom is -0.464 e. The molecule has 0 aromatic rings. The lowest BCUT2D eigenvalue weighted by Crippen LogP contribution is -2.44. The van der Waals surface area contributed by atoms with Crippen molar-refractivity contribution in [2.24, 2.45) is 0 Å². The maximum absolute atomic E-state index is 11.2. The molecule has 0 saturated carbocycles. The molecule has 1 N–H and O–H groups in total. The van der Waals surface area contributed by atoms with Crippen molar-refractivity contribution < 1.29 is 24.3 Å². The molecule has 8 nitrogen and oxygen atoms in total. The Balaban J connectivity index is 4.06. The van der Waals surface area contributed by atoms with Gasteiger partial charge in [-0.05, 0) is 6.92 Å². The van der Waals surface area contributed by atoms with Crippen molar-refractivity contribution in [3.05, 3.63) is 10.1 Å². The first kappa shape index (κ1) is 14.5. The molecule has 0 aliphatic heterocycles. The molecule has 92 valence electrons. The lowest BCUT2D eigenvalue weighted by Gasteiger charge is -2.14. The Hall–Kier alpha value is -1.51. The summed E-state index contributed by atoms with van der Waals surface area (Å²) in [5.41, 5.74) is 0. The van der Waals surface area contributed by atoms with Crippen molar-refractivity contribution >= 4 is 24.5 Å². The van der Waals surface area contributed by atoms with E-state index in [1.54, 1.807) is 6.92 Å². The Morgan fingerprint density at radius 2 is 2.19 bits per heavy atom. The molecule has 0 radical (unpaired) electrons. The summed E-state index contributed by atoms with van der Waals surface area (Å²) in [6.45, 7) is 1.02. The average molecular weight is 252 g/mol. The van der Waals surface area contributed by atoms with Crippen LogP contribution in [0.15, 0.2) is 0 Å². The number of thiol groups is 1. The standard InChI is InChI=1S/C7H12N2O6S/c1-2-14-7(11)5(4-16)8-6(10)3-15-9(12)13/h5,16H,2-4H2,1H3,(H,8,10). The van der Waals surface area contributed by atoms with Crippen molar-refractivity contribution in [1.82, 2.24) is 5.32 Å². The zero-order valence-corrected chi connectivity index (χ0v) is 9.44. The molecule has 0 aliphatic rings. The van der Waals surface area contributed by atoms with Gasteiger partial charge in [0, 0.05) is 5.75 Å². The van der Waals surface area contributed by atoms with Gasteiger partial charge in [-0.3, -0.25) is 4.79 Å². The van der Waals surface area contributed by atoms with Crippen molar-refractivity contribution in [1.29, 1.82) is 0 Å². The highest BCUT2D eigenvalue weighted by atomic mass is 32.1. The van der Waals surface area contributed by atoms with Gasteiger partial charge in [0.1, 0.15) is 6.04 Å². The Kier molecular flexibility index (Phi) is 7.01. The van der Waals surface area contributed by atoms with Gasteiger partial charge >= 0.3 is 5.97 Å². The highest BCUT2D eigenvalue weighted by Gasteiger charge is 2.20. The summed E-state index contributed by atoms with van der Waals surface area (Å²) >= 11 is 3.84. The van der Waals surface area contributed by atoms with Crippen LogP contribution in [0, 0.1) is 10.1 Å². The lowest BCUT2D eigenvalue weighted by molar-refractivity contribution is -0.754. The van der Waals surface area contributed by atoms with Gasteiger partial charge in [0.25, 0.3) is 5.09 Å². The Morgan fingerprint density at radius 3 is 2.62 bits per heavy atom. The summed E-state index contributed by atoms with van der Waals surface area (Å²) < 4.78 is 4.64. The maximum atomic E-state index is 11.2. The number of esters is 1. The van der Waals surface area contributed by atoms with Gasteiger partial charge in [-0.1, -0.05) is 0 Å². The quantitative estimate of drug-likeness (QED) is 0.265. The molecule has 0 heterocycles. The number of hydrogen-bond acceptors (Lipinski definition) is 7. The first-order chi connectivity index (χ1) is 7.51. The van der Waals surface area contributed by atoms with E-state index in [1.165, 1.54) is 0 Å². The SMILES string of the molecule is CCOC(=O)C(CS)NC(=O)CO[N+](=O)[O-]. The maximum Gasteiger partial charge on any atom is 0.329 e. The number of hydrogen-bond donors (Lipinski definition) is 2. The highest BCUT2D eigenvalue weighted by molar-refractivity contribution is 7.80. The summed E-state index contributed by atoms with van der Waals surface area (Å²) in [7, 11) is 0. The van der Waals surface area contributed by atoms with Crippen molar-refractivity contribution in [2.75, 3.05) is 19.0 Å². The second-order valence-corrected chi connectivity index (χ2v) is 2.92. The van der Waals surface area contributed by atoms with Gasteiger partial charge in [-0.25, -0.2) is 4.79 Å². The third kappa shape index (κ3) is 6.06. The zero-order valence-electron chi connectivity index (χ0n) is 8.54. The van der Waals surface area contributed by atoms with Gasteiger partial charge in [-0.2, -0.15) is 12.6 Å². The monoisotopic (exact) mass is 252 g/mol. The second kappa shape index (κ2) is 7.74. The average Bonchev–Trinajstić information content (AvgIpc) is 2.23. The van der Waals surface area contributed by atoms with Crippen LogP contribution in [0.25, 0.3) is 0 Å². The number of rotatable bonds is 7. The van der Waals surface area contributed by atoms with E-state index in [9.17, 15) is 19.7 Å². The van der Waals surface area contributed by atoms with Crippen LogP contribution in [0.5, 0.6) is 0 Å². The summed E-state index contributed by atoms with van der Waals surface area (Å²) in [5.74, 6) is -1.40. The molecule has 0 spiro atoms. The summed E-state index contributed by atoms with van der Waals surface area (Å²) in [6, 6.07) is -0.939. The van der Waals surface area contributed by atoms with E-state index in [1.807, 2.05) is 0 Å². The minimum atomic E-state index is -1.10. The molecule has 16 heavy (non-hydrogen) atoms. The number of carbonyl (C=O) groups excluding carboxylic acids is 2. The van der Waals surface area contributed by atoms with Crippen molar-refractivity contribution in [3.8, 4) is 0 Å². The number of carbonyl (C=O) groups is 2. The van der Waals surface area contributed by atoms with Crippen LogP contribution in [0.1, 0.15) is 6.92 Å². The fraction of sp³-hybridized carbons (Fsp3) is 0.714. The van der Waals surface area contributed by atoms with Crippen LogP contribution >= 0.6 is 12.6 Å². The Morgan fingerprint density at radius 1 is 1.56 bits per heavy atom. The van der Waals surface area contributed by atoms with Crippen molar-refractivity contribution in [2.45, 2.75) is 13.0 Å². The third-order valence-corrected chi connectivity index (χ3v) is 1.76. The summed E-state index contributed by atoms with van der Waals surface area (Å²) in [6.07, 6.45) is 0. The van der Waals surface area contributed by atoms with E-state index in [4.69, 9.17) is 0 Å². The Bertz CT molecular complexity index is 272. The Labute approximate surface area is 96.8 Å². The highest BCUT2D eigenvalue weighted by Crippen LogP contribution is 1.93. The number of nitrogens with zero attached hydrogens (tertiary/aromatic N) is 1. The van der Waals surface area contributed by atoms with E-state index < -0.39 is 29.6 Å². The predicted octanol–water partition coefficient (Wildman–Crippen LogP) is -0.828. The molecule has 1 amide bonds. The summed E-state index contributed by atoms with van der Waals surface area (Å²) in [5, 5.41) is 10.9. The van der Waals surface area contributed by atoms with E-state index in [2.05, 4.69) is 27.5 Å². The third-order valence-electron chi connectivity index (χ3n) is 1.39. The van der Waals surface area contributed by atoms with Gasteiger partial charge in [0.15, 0.2) is 6.61 Å². The fourth-order valence-electron chi connectivity index (χ4n) is 0.769. The first-order valence-electron chi connectivity index (χ1n) is 4.35. The molecule has 0 bridgehead atoms. The number of amides is 1. The molecule has 0 aromatic heterocycles. The zero-order chi connectivity index (χ0) is 12.6. The molecule has 0 rings (SSSR count). The van der Waals surface area contributed by atoms with Crippen molar-refractivity contribution in [3.63, 3.8) is 0 Å². The molecule has 9 heteroatoms. The van der Waals surface area contributed by atoms with Crippen LogP contribution < -0.4 is 5.32 Å². The van der Waals surface area contributed by atoms with E-state index in [-0.39, 0.29) is 12.4 Å². The molecular formula is C7H12N2O6S. The molecule has 0 saturated heterocycles. The van der Waals surface area contributed by atoms with E-state index >= 15 is 0 Å². The largest absolute Gasteiger partial charge is 0.464 e. The summed E-state index contributed by atoms with van der Waals surface area (Å²) in [4.78, 5) is 35.8. The van der Waals surface area contributed by atoms with Gasteiger partial charge in [0.05, 0.1) is 6.61 Å². The molecule has 1 unspecified atom stereocenters. The van der Waals surface area contributed by atoms with Crippen LogP contribution in [0.4, 0.5) is 0 Å². The van der Waals surface area contributed by atoms with Crippen LogP contribution in [-0.2, 0) is 19.2 Å². The van der Waals surface area contributed by atoms with E-state index in [0.717, 1.165) is 0 Å². The first-order valence-corrected chi connectivity index (χ1v) is 4.98. The molecular weight excluding hydrogens is 240 g/mol. The lowest BCUT2D eigenvalue weighted by atomic mass is 10.3. The topological polar surface area (TPSA) is 108 Å². The van der Waals surface area contributed by atoms with E-state index in [0.29, 0.717) is 0 Å². The molecule has 0 fully saturated rings. The normalized spacial score (nSPS) is 11.4. The predicted molar refractivity (Wildman–Crippen MR) is 55.4 cm³/mol. The minimum absolute atomic E-state index is 0.0308. The van der Waals surface area contributed by atoms with Crippen LogP contribution in [0.2, 0.25) is 0 Å².